The van der Waals surface area contributed by atoms with Gasteiger partial charge in [-0.3, -0.25) is 9.52 Å². The highest BCUT2D eigenvalue weighted by Crippen LogP contribution is 2.28. The summed E-state index contributed by atoms with van der Waals surface area (Å²) in [6.07, 6.45) is 2.31. The first-order valence-corrected chi connectivity index (χ1v) is 10.8. The molecule has 1 aliphatic heterocycles. The zero-order valence-electron chi connectivity index (χ0n) is 15.8. The standard InChI is InChI=1S/C21H26N2O3S/c1-3-13-23-14-12-19(15-23)18-4-8-20(9-5-18)22-27(25,26)21-10-6-17(7-11-21)16(2)24/h4-11,19,22H,3,12-15H2,1-2H3/t19-/m1/s1. The Bertz CT molecular complexity index is 890. The Kier molecular flexibility index (Phi) is 5.97. The second kappa shape index (κ2) is 8.23. The minimum Gasteiger partial charge on any atom is -0.303 e. The minimum absolute atomic E-state index is 0.0908. The topological polar surface area (TPSA) is 66.5 Å². The molecule has 0 spiro atoms. The second-order valence-corrected chi connectivity index (χ2v) is 8.78. The van der Waals surface area contributed by atoms with Crippen LogP contribution in [-0.2, 0) is 10.0 Å². The third-order valence-electron chi connectivity index (χ3n) is 5.02. The van der Waals surface area contributed by atoms with Crippen molar-refractivity contribution in [1.82, 2.24) is 4.90 Å². The van der Waals surface area contributed by atoms with E-state index < -0.39 is 10.0 Å². The average molecular weight is 387 g/mol. The van der Waals surface area contributed by atoms with Gasteiger partial charge in [0.05, 0.1) is 4.90 Å². The van der Waals surface area contributed by atoms with Crippen molar-refractivity contribution in [3.05, 3.63) is 59.7 Å². The van der Waals surface area contributed by atoms with Gasteiger partial charge in [-0.2, -0.15) is 0 Å². The first kappa shape index (κ1) is 19.6. The molecule has 1 aliphatic rings. The number of carbonyl (C=O) groups is 1. The number of rotatable bonds is 7. The summed E-state index contributed by atoms with van der Waals surface area (Å²) in [4.78, 5) is 13.9. The van der Waals surface area contributed by atoms with E-state index in [1.54, 1.807) is 0 Å². The lowest BCUT2D eigenvalue weighted by atomic mass is 9.98. The molecule has 1 atom stereocenters. The van der Waals surface area contributed by atoms with E-state index in [4.69, 9.17) is 0 Å². The molecule has 0 unspecified atom stereocenters. The van der Waals surface area contributed by atoms with E-state index in [9.17, 15) is 13.2 Å². The Morgan fingerprint density at radius 1 is 1.11 bits per heavy atom. The fraction of sp³-hybridized carbons (Fsp3) is 0.381. The number of ketones is 1. The summed E-state index contributed by atoms with van der Waals surface area (Å²) in [6, 6.07) is 13.6. The number of hydrogen-bond acceptors (Lipinski definition) is 4. The Balaban J connectivity index is 1.67. The summed E-state index contributed by atoms with van der Waals surface area (Å²) in [6.45, 7) is 6.98. The maximum absolute atomic E-state index is 12.5. The van der Waals surface area contributed by atoms with Crippen LogP contribution < -0.4 is 4.72 Å². The van der Waals surface area contributed by atoms with Gasteiger partial charge in [-0.05, 0) is 68.6 Å². The Hall–Kier alpha value is -2.18. The molecule has 1 fully saturated rings. The van der Waals surface area contributed by atoms with E-state index in [1.165, 1.54) is 43.2 Å². The van der Waals surface area contributed by atoms with Crippen LogP contribution in [0.2, 0.25) is 0 Å². The van der Waals surface area contributed by atoms with Crippen molar-refractivity contribution in [3.8, 4) is 0 Å². The van der Waals surface area contributed by atoms with Crippen LogP contribution in [0.4, 0.5) is 5.69 Å². The van der Waals surface area contributed by atoms with Crippen LogP contribution in [0.25, 0.3) is 0 Å². The number of nitrogens with zero attached hydrogens (tertiary/aromatic N) is 1. The van der Waals surface area contributed by atoms with Crippen LogP contribution >= 0.6 is 0 Å². The van der Waals surface area contributed by atoms with Crippen molar-refractivity contribution in [2.24, 2.45) is 0 Å². The van der Waals surface area contributed by atoms with Gasteiger partial charge in [-0.15, -0.1) is 0 Å². The summed E-state index contributed by atoms with van der Waals surface area (Å²) < 4.78 is 27.7. The minimum atomic E-state index is -3.67. The Morgan fingerprint density at radius 2 is 1.78 bits per heavy atom. The summed E-state index contributed by atoms with van der Waals surface area (Å²) in [5.41, 5.74) is 2.28. The smallest absolute Gasteiger partial charge is 0.261 e. The van der Waals surface area contributed by atoms with Crippen LogP contribution in [0.5, 0.6) is 0 Å². The predicted octanol–water partition coefficient (Wildman–Crippen LogP) is 3.89. The zero-order valence-corrected chi connectivity index (χ0v) is 16.6. The molecule has 0 aliphatic carbocycles. The fourth-order valence-electron chi connectivity index (χ4n) is 3.53. The van der Waals surface area contributed by atoms with Gasteiger partial charge in [0.2, 0.25) is 0 Å². The van der Waals surface area contributed by atoms with Gasteiger partial charge in [0.1, 0.15) is 0 Å². The number of hydrogen-bond donors (Lipinski definition) is 1. The van der Waals surface area contributed by atoms with Gasteiger partial charge in [0, 0.05) is 17.8 Å². The molecule has 0 bridgehead atoms. The molecule has 1 heterocycles. The maximum Gasteiger partial charge on any atom is 0.261 e. The molecule has 144 valence electrons. The largest absolute Gasteiger partial charge is 0.303 e. The number of benzene rings is 2. The highest BCUT2D eigenvalue weighted by atomic mass is 32.2. The van der Waals surface area contributed by atoms with E-state index in [0.29, 0.717) is 17.2 Å². The van der Waals surface area contributed by atoms with Crippen LogP contribution in [-0.4, -0.2) is 38.7 Å². The van der Waals surface area contributed by atoms with Gasteiger partial charge in [0.15, 0.2) is 5.78 Å². The molecule has 2 aromatic carbocycles. The number of anilines is 1. The molecule has 3 rings (SSSR count). The summed E-state index contributed by atoms with van der Waals surface area (Å²) in [7, 11) is -3.67. The molecular formula is C21H26N2O3S. The van der Waals surface area contributed by atoms with E-state index in [2.05, 4.69) is 16.5 Å². The van der Waals surface area contributed by atoms with Gasteiger partial charge in [-0.1, -0.05) is 31.2 Å². The van der Waals surface area contributed by atoms with Crippen molar-refractivity contribution in [3.63, 3.8) is 0 Å². The highest BCUT2D eigenvalue weighted by Gasteiger charge is 2.23. The molecule has 0 aromatic heterocycles. The third-order valence-corrected chi connectivity index (χ3v) is 6.41. The first-order valence-electron chi connectivity index (χ1n) is 9.35. The van der Waals surface area contributed by atoms with Crippen molar-refractivity contribution >= 4 is 21.5 Å². The van der Waals surface area contributed by atoms with Crippen molar-refractivity contribution < 1.29 is 13.2 Å². The predicted molar refractivity (Wildman–Crippen MR) is 108 cm³/mol. The normalized spacial score (nSPS) is 17.8. The summed E-state index contributed by atoms with van der Waals surface area (Å²) in [5, 5.41) is 0. The molecular weight excluding hydrogens is 360 g/mol. The molecule has 0 radical (unpaired) electrons. The monoisotopic (exact) mass is 386 g/mol. The summed E-state index contributed by atoms with van der Waals surface area (Å²) >= 11 is 0. The average Bonchev–Trinajstić information content (AvgIpc) is 3.11. The lowest BCUT2D eigenvalue weighted by Gasteiger charge is -2.15. The molecule has 0 amide bonds. The van der Waals surface area contributed by atoms with Gasteiger partial charge in [0.25, 0.3) is 10.0 Å². The fourth-order valence-corrected chi connectivity index (χ4v) is 4.59. The van der Waals surface area contributed by atoms with Crippen molar-refractivity contribution in [1.29, 1.82) is 0 Å². The highest BCUT2D eigenvalue weighted by molar-refractivity contribution is 7.92. The lowest BCUT2D eigenvalue weighted by Crippen LogP contribution is -2.20. The SMILES string of the molecule is CCCN1CC[C@@H](c2ccc(NS(=O)(=O)c3ccc(C(C)=O)cc3)cc2)C1. The van der Waals surface area contributed by atoms with Gasteiger partial charge in [-0.25, -0.2) is 8.42 Å². The van der Waals surface area contributed by atoms with Crippen LogP contribution in [0, 0.1) is 0 Å². The molecule has 1 N–H and O–H groups in total. The van der Waals surface area contributed by atoms with Crippen LogP contribution in [0.1, 0.15) is 48.5 Å². The van der Waals surface area contributed by atoms with E-state index in [1.807, 2.05) is 24.3 Å². The molecule has 5 nitrogen and oxygen atoms in total. The molecule has 0 saturated carbocycles. The quantitative estimate of drug-likeness (QED) is 0.733. The second-order valence-electron chi connectivity index (χ2n) is 7.09. The van der Waals surface area contributed by atoms with E-state index in [0.717, 1.165) is 26.1 Å². The first-order chi connectivity index (χ1) is 12.9. The summed E-state index contributed by atoms with van der Waals surface area (Å²) in [5.74, 6) is 0.424. The number of nitrogens with one attached hydrogen (secondary N) is 1. The van der Waals surface area contributed by atoms with Gasteiger partial charge < -0.3 is 4.90 Å². The number of likely N-dealkylation sites (tertiary alicyclic amines) is 1. The van der Waals surface area contributed by atoms with Crippen LogP contribution in [0.15, 0.2) is 53.4 Å². The number of Topliss-reactive ketones (excluding diaryl/α,β-unsaturated/α-hetero) is 1. The maximum atomic E-state index is 12.5. The lowest BCUT2D eigenvalue weighted by molar-refractivity contribution is 0.101. The van der Waals surface area contributed by atoms with Crippen molar-refractivity contribution in [2.75, 3.05) is 24.4 Å². The van der Waals surface area contributed by atoms with E-state index >= 15 is 0 Å². The molecule has 6 heteroatoms. The van der Waals surface area contributed by atoms with Crippen LogP contribution in [0.3, 0.4) is 0 Å². The van der Waals surface area contributed by atoms with Gasteiger partial charge >= 0.3 is 0 Å². The number of carbonyl (C=O) groups excluding carboxylic acids is 1. The Labute approximate surface area is 161 Å². The molecule has 1 saturated heterocycles. The van der Waals surface area contributed by atoms with Crippen molar-refractivity contribution in [2.45, 2.75) is 37.5 Å². The number of sulfonamides is 1. The molecule has 2 aromatic rings. The Morgan fingerprint density at radius 3 is 2.37 bits per heavy atom. The zero-order chi connectivity index (χ0) is 19.4. The van der Waals surface area contributed by atoms with E-state index in [-0.39, 0.29) is 10.7 Å². The third kappa shape index (κ3) is 4.76. The molecule has 27 heavy (non-hydrogen) atoms.